The van der Waals surface area contributed by atoms with Crippen LogP contribution in [0.3, 0.4) is 0 Å². The van der Waals surface area contributed by atoms with E-state index < -0.39 is 0 Å². The molecule has 0 aliphatic carbocycles. The van der Waals surface area contributed by atoms with Crippen molar-refractivity contribution < 1.29 is 9.53 Å². The quantitative estimate of drug-likeness (QED) is 0.599. The molecule has 2 nitrogen and oxygen atoms in total. The summed E-state index contributed by atoms with van der Waals surface area (Å²) in [4.78, 5) is 13.8. The summed E-state index contributed by atoms with van der Waals surface area (Å²) in [6, 6.07) is 26.4. The first-order chi connectivity index (χ1) is 11.8. The molecule has 0 amide bonds. The molecule has 3 aromatic carbocycles. The van der Waals surface area contributed by atoms with Crippen molar-refractivity contribution in [2.45, 2.75) is 16.2 Å². The van der Waals surface area contributed by atoms with Crippen LogP contribution >= 0.6 is 11.8 Å². The van der Waals surface area contributed by atoms with E-state index in [0.717, 1.165) is 11.3 Å². The Morgan fingerprint density at radius 3 is 2.25 bits per heavy atom. The van der Waals surface area contributed by atoms with E-state index >= 15 is 0 Å². The van der Waals surface area contributed by atoms with E-state index in [9.17, 15) is 4.79 Å². The third kappa shape index (κ3) is 4.06. The number of methoxy groups -OCH3 is 1. The van der Waals surface area contributed by atoms with E-state index in [1.807, 2.05) is 18.2 Å². The van der Waals surface area contributed by atoms with Crippen molar-refractivity contribution in [2.24, 2.45) is 0 Å². The van der Waals surface area contributed by atoms with E-state index in [1.165, 1.54) is 23.1 Å². The van der Waals surface area contributed by atoms with Crippen LogP contribution in [-0.2, 0) is 11.2 Å². The van der Waals surface area contributed by atoms with Gasteiger partial charge >= 0.3 is 5.97 Å². The highest BCUT2D eigenvalue weighted by molar-refractivity contribution is 7.99. The van der Waals surface area contributed by atoms with Crippen molar-refractivity contribution in [1.82, 2.24) is 0 Å². The molecule has 24 heavy (non-hydrogen) atoms. The Labute approximate surface area is 146 Å². The van der Waals surface area contributed by atoms with Gasteiger partial charge in [0.25, 0.3) is 0 Å². The molecule has 3 heteroatoms. The predicted molar refractivity (Wildman–Crippen MR) is 97.6 cm³/mol. The maximum atomic E-state index is 11.5. The van der Waals surface area contributed by atoms with Gasteiger partial charge in [-0.15, -0.1) is 0 Å². The zero-order chi connectivity index (χ0) is 16.8. The van der Waals surface area contributed by atoms with Crippen LogP contribution in [0.4, 0.5) is 0 Å². The first-order valence-corrected chi connectivity index (χ1v) is 8.56. The molecule has 0 aliphatic rings. The fourth-order valence-corrected chi connectivity index (χ4v) is 3.41. The number of hydrogen-bond donors (Lipinski definition) is 0. The molecule has 0 radical (unpaired) electrons. The SMILES string of the molecule is COC(=O)c1ccc(Sc2ccccc2Cc2ccccc2)cc1. The molecular weight excluding hydrogens is 316 g/mol. The fourth-order valence-electron chi connectivity index (χ4n) is 2.47. The Kier molecular flexibility index (Phi) is 5.34. The number of ether oxygens (including phenoxy) is 1. The normalized spacial score (nSPS) is 10.4. The first-order valence-electron chi connectivity index (χ1n) is 7.74. The Hall–Kier alpha value is -2.52. The lowest BCUT2D eigenvalue weighted by Crippen LogP contribution is -2.00. The summed E-state index contributed by atoms with van der Waals surface area (Å²) in [5, 5.41) is 0. The topological polar surface area (TPSA) is 26.3 Å². The number of carbonyl (C=O) groups excluding carboxylic acids is 1. The monoisotopic (exact) mass is 334 g/mol. The average molecular weight is 334 g/mol. The van der Waals surface area contributed by atoms with Crippen LogP contribution in [-0.4, -0.2) is 13.1 Å². The van der Waals surface area contributed by atoms with Crippen molar-refractivity contribution in [3.63, 3.8) is 0 Å². The molecule has 0 atom stereocenters. The molecule has 0 saturated heterocycles. The van der Waals surface area contributed by atoms with E-state index in [2.05, 4.69) is 48.5 Å². The van der Waals surface area contributed by atoms with Gasteiger partial charge < -0.3 is 4.74 Å². The van der Waals surface area contributed by atoms with Crippen LogP contribution < -0.4 is 0 Å². The summed E-state index contributed by atoms with van der Waals surface area (Å²) in [5.41, 5.74) is 3.16. The van der Waals surface area contributed by atoms with Crippen LogP contribution in [0, 0.1) is 0 Å². The van der Waals surface area contributed by atoms with Crippen LogP contribution in [0.25, 0.3) is 0 Å². The maximum absolute atomic E-state index is 11.5. The van der Waals surface area contributed by atoms with Gasteiger partial charge in [0.15, 0.2) is 0 Å². The standard InChI is InChI=1S/C21H18O2S/c1-23-21(22)17-11-13-19(14-12-17)24-20-10-6-5-9-18(20)15-16-7-3-2-4-8-16/h2-14H,15H2,1H3. The average Bonchev–Trinajstić information content (AvgIpc) is 2.64. The number of esters is 1. The second-order valence-corrected chi connectivity index (χ2v) is 6.50. The largest absolute Gasteiger partial charge is 0.465 e. The zero-order valence-electron chi connectivity index (χ0n) is 13.4. The third-order valence-electron chi connectivity index (χ3n) is 3.71. The lowest BCUT2D eigenvalue weighted by atomic mass is 10.1. The minimum Gasteiger partial charge on any atom is -0.465 e. The van der Waals surface area contributed by atoms with E-state index in [-0.39, 0.29) is 5.97 Å². The summed E-state index contributed by atoms with van der Waals surface area (Å²) in [6.07, 6.45) is 0.907. The Bertz CT molecular complexity index is 811. The summed E-state index contributed by atoms with van der Waals surface area (Å²) >= 11 is 1.71. The maximum Gasteiger partial charge on any atom is 0.337 e. The van der Waals surface area contributed by atoms with Crippen LogP contribution in [0.1, 0.15) is 21.5 Å². The van der Waals surface area contributed by atoms with Gasteiger partial charge in [-0.25, -0.2) is 4.79 Å². The van der Waals surface area contributed by atoms with Gasteiger partial charge in [-0.2, -0.15) is 0 Å². The van der Waals surface area contributed by atoms with Crippen LogP contribution in [0.15, 0.2) is 88.7 Å². The number of benzene rings is 3. The molecule has 0 heterocycles. The second kappa shape index (κ2) is 7.84. The highest BCUT2D eigenvalue weighted by atomic mass is 32.2. The summed E-state index contributed by atoms with van der Waals surface area (Å²) in [6.45, 7) is 0. The van der Waals surface area contributed by atoms with E-state index in [0.29, 0.717) is 5.56 Å². The van der Waals surface area contributed by atoms with E-state index in [1.54, 1.807) is 23.9 Å². The molecule has 0 unspecified atom stereocenters. The molecule has 3 aromatic rings. The van der Waals surface area contributed by atoms with Crippen molar-refractivity contribution >= 4 is 17.7 Å². The second-order valence-electron chi connectivity index (χ2n) is 5.39. The minimum atomic E-state index is -0.309. The van der Waals surface area contributed by atoms with Crippen molar-refractivity contribution in [3.8, 4) is 0 Å². The molecule has 0 fully saturated rings. The Balaban J connectivity index is 1.79. The lowest BCUT2D eigenvalue weighted by molar-refractivity contribution is 0.0600. The third-order valence-corrected chi connectivity index (χ3v) is 4.84. The zero-order valence-corrected chi connectivity index (χ0v) is 14.3. The van der Waals surface area contributed by atoms with Crippen LogP contribution in [0.5, 0.6) is 0 Å². The molecule has 0 bridgehead atoms. The fraction of sp³-hybridized carbons (Fsp3) is 0.0952. The minimum absolute atomic E-state index is 0.309. The molecule has 3 rings (SSSR count). The van der Waals surface area contributed by atoms with Gasteiger partial charge in [-0.1, -0.05) is 60.3 Å². The van der Waals surface area contributed by atoms with Crippen molar-refractivity contribution in [3.05, 3.63) is 95.6 Å². The molecule has 120 valence electrons. The van der Waals surface area contributed by atoms with Gasteiger partial charge in [0.1, 0.15) is 0 Å². The van der Waals surface area contributed by atoms with Gasteiger partial charge in [-0.3, -0.25) is 0 Å². The molecule has 0 saturated carbocycles. The highest BCUT2D eigenvalue weighted by Gasteiger charge is 2.07. The summed E-state index contributed by atoms with van der Waals surface area (Å²) in [5.74, 6) is -0.309. The smallest absolute Gasteiger partial charge is 0.337 e. The van der Waals surface area contributed by atoms with Gasteiger partial charge in [0.2, 0.25) is 0 Å². The molecule has 0 spiro atoms. The summed E-state index contributed by atoms with van der Waals surface area (Å²) in [7, 11) is 1.39. The molecule has 0 aliphatic heterocycles. The molecular formula is C21H18O2S. The van der Waals surface area contributed by atoms with Gasteiger partial charge in [0, 0.05) is 9.79 Å². The number of carbonyl (C=O) groups is 1. The summed E-state index contributed by atoms with van der Waals surface area (Å²) < 4.78 is 4.73. The van der Waals surface area contributed by atoms with Crippen molar-refractivity contribution in [1.29, 1.82) is 0 Å². The van der Waals surface area contributed by atoms with Gasteiger partial charge in [-0.05, 0) is 47.9 Å². The Morgan fingerprint density at radius 2 is 1.54 bits per heavy atom. The highest BCUT2D eigenvalue weighted by Crippen LogP contribution is 2.31. The lowest BCUT2D eigenvalue weighted by Gasteiger charge is -2.10. The molecule has 0 N–H and O–H groups in total. The number of hydrogen-bond acceptors (Lipinski definition) is 3. The van der Waals surface area contributed by atoms with Gasteiger partial charge in [0.05, 0.1) is 12.7 Å². The number of rotatable bonds is 5. The molecule has 0 aromatic heterocycles. The van der Waals surface area contributed by atoms with E-state index in [4.69, 9.17) is 4.74 Å². The Morgan fingerprint density at radius 1 is 0.875 bits per heavy atom. The van der Waals surface area contributed by atoms with Crippen molar-refractivity contribution in [2.75, 3.05) is 7.11 Å². The van der Waals surface area contributed by atoms with Crippen LogP contribution in [0.2, 0.25) is 0 Å². The predicted octanol–water partition coefficient (Wildman–Crippen LogP) is 5.22. The first kappa shape index (κ1) is 16.3.